The molecule has 6 N–H and O–H groups in total. The zero-order valence-electron chi connectivity index (χ0n) is 18.6. The third-order valence-electron chi connectivity index (χ3n) is 4.66. The summed E-state index contributed by atoms with van der Waals surface area (Å²) >= 11 is 5.58. The molecule has 0 aromatic heterocycles. The average Bonchev–Trinajstić information content (AvgIpc) is 2.79. The molecule has 0 bridgehead atoms. The zero-order chi connectivity index (χ0) is 26.9. The lowest BCUT2D eigenvalue weighted by atomic mass is 9.90. The third-order valence-corrected chi connectivity index (χ3v) is 8.33. The van der Waals surface area contributed by atoms with E-state index in [0.717, 1.165) is 6.92 Å². The van der Waals surface area contributed by atoms with Crippen LogP contribution < -0.4 is 16.0 Å². The van der Waals surface area contributed by atoms with Crippen molar-refractivity contribution in [1.29, 1.82) is 0 Å². The van der Waals surface area contributed by atoms with Crippen LogP contribution in [0.1, 0.15) is 13.8 Å². The molecule has 3 unspecified atom stereocenters. The van der Waals surface area contributed by atoms with Crippen molar-refractivity contribution in [2.24, 2.45) is 11.1 Å². The van der Waals surface area contributed by atoms with Gasteiger partial charge < -0.3 is 36.0 Å². The second kappa shape index (κ2) is 15.3. The van der Waals surface area contributed by atoms with Gasteiger partial charge in [-0.15, -0.1) is 0 Å². The Balaban J connectivity index is 3.49. The lowest BCUT2D eigenvalue weighted by Gasteiger charge is -2.33. The monoisotopic (exact) mass is 834 g/mol. The maximum atomic E-state index is 13.2. The van der Waals surface area contributed by atoms with Gasteiger partial charge in [0.1, 0.15) is 6.54 Å². The van der Waals surface area contributed by atoms with Gasteiger partial charge in [-0.25, -0.2) is 0 Å². The highest BCUT2D eigenvalue weighted by atomic mass is 127. The number of carbonyl (C=O) groups excluding carboxylic acids is 4. The molecule has 1 aliphatic carbocycles. The van der Waals surface area contributed by atoms with Crippen LogP contribution in [0.25, 0.3) is 0 Å². The molecule has 16 heteroatoms. The topological polar surface area (TPSA) is 204 Å². The number of carbonyl (C=O) groups is 4. The predicted octanol–water partition coefficient (Wildman–Crippen LogP) is -0.464. The van der Waals surface area contributed by atoms with Gasteiger partial charge in [-0.3, -0.25) is 19.2 Å². The van der Waals surface area contributed by atoms with E-state index in [4.69, 9.17) is 4.74 Å². The number of nitrogens with zero attached hydrogens (tertiary/aromatic N) is 1. The average molecular weight is 834 g/mol. The molecule has 0 saturated heterocycles. The van der Waals surface area contributed by atoms with Gasteiger partial charge >= 0.3 is 5.97 Å². The number of alkyl halides is 1. The molecule has 0 saturated carbocycles. The van der Waals surface area contributed by atoms with Crippen LogP contribution in [0.4, 0.5) is 0 Å². The molecule has 1 aliphatic rings. The van der Waals surface area contributed by atoms with Gasteiger partial charge in [0.25, 0.3) is 5.91 Å². The molecule has 0 spiro atoms. The summed E-state index contributed by atoms with van der Waals surface area (Å²) in [5.41, 5.74) is 0.218. The van der Waals surface area contributed by atoms with Gasteiger partial charge in [-0.05, 0) is 52.1 Å². The number of aliphatic hydroxyl groups is 3. The Kier molecular flexibility index (Phi) is 14.0. The number of nitroso groups, excluding NO2 is 1. The summed E-state index contributed by atoms with van der Waals surface area (Å²) in [5.74, 6) is -3.72. The Morgan fingerprint density at radius 2 is 1.63 bits per heavy atom. The van der Waals surface area contributed by atoms with E-state index in [0.29, 0.717) is 7.16 Å². The molecule has 0 heterocycles. The minimum Gasteiger partial charge on any atom is -0.453 e. The van der Waals surface area contributed by atoms with Crippen molar-refractivity contribution < 1.29 is 39.2 Å². The number of nitrogens with one attached hydrogen (secondary N) is 3. The fourth-order valence-electron chi connectivity index (χ4n) is 2.87. The summed E-state index contributed by atoms with van der Waals surface area (Å²) < 4.78 is 4.75. The molecule has 0 aliphatic heterocycles. The van der Waals surface area contributed by atoms with Crippen molar-refractivity contribution >= 4 is 91.5 Å². The van der Waals surface area contributed by atoms with Crippen molar-refractivity contribution in [3.63, 3.8) is 0 Å². The number of halogens is 3. The number of hydrogen-bond acceptors (Lipinski definition) is 10. The van der Waals surface area contributed by atoms with Crippen molar-refractivity contribution in [2.75, 3.05) is 26.4 Å². The van der Waals surface area contributed by atoms with E-state index in [2.05, 4.69) is 21.1 Å². The van der Waals surface area contributed by atoms with E-state index < -0.39 is 71.5 Å². The molecule has 1 rings (SSSR count). The van der Waals surface area contributed by atoms with Gasteiger partial charge in [0.2, 0.25) is 11.8 Å². The summed E-state index contributed by atoms with van der Waals surface area (Å²) in [6.45, 7) is 0.514. The highest BCUT2D eigenvalue weighted by molar-refractivity contribution is 14.1. The predicted molar refractivity (Wildman–Crippen MR) is 149 cm³/mol. The minimum absolute atomic E-state index is 0.0863. The van der Waals surface area contributed by atoms with Crippen LogP contribution in [0.5, 0.6) is 0 Å². The van der Waals surface area contributed by atoms with Crippen LogP contribution in [-0.2, 0) is 23.9 Å². The Bertz CT molecular complexity index is 908. The smallest absolute Gasteiger partial charge is 0.303 e. The largest absolute Gasteiger partial charge is 0.453 e. The minimum atomic E-state index is -1.17. The number of rotatable bonds is 12. The number of hydrogen-bond donors (Lipinski definition) is 6. The molecular formula is C19H25I3N4O9. The number of esters is 1. The summed E-state index contributed by atoms with van der Waals surface area (Å²) in [5, 5.41) is 38.4. The molecule has 0 aromatic rings. The first-order valence-electron chi connectivity index (χ1n) is 10.1. The Hall–Kier alpha value is -0.970. The van der Waals surface area contributed by atoms with Crippen LogP contribution >= 0.6 is 67.8 Å². The van der Waals surface area contributed by atoms with Crippen LogP contribution in [0.2, 0.25) is 0 Å². The van der Waals surface area contributed by atoms with E-state index in [1.807, 2.05) is 67.8 Å². The van der Waals surface area contributed by atoms with Gasteiger partial charge in [0.05, 0.1) is 47.4 Å². The lowest BCUT2D eigenvalue weighted by molar-refractivity contribution is -0.152. The summed E-state index contributed by atoms with van der Waals surface area (Å²) in [6, 6.07) is -1.91. The summed E-state index contributed by atoms with van der Waals surface area (Å²) in [4.78, 5) is 60.7. The van der Waals surface area contributed by atoms with Crippen LogP contribution in [0, 0.1) is 10.8 Å². The maximum Gasteiger partial charge on any atom is 0.303 e. The van der Waals surface area contributed by atoms with Crippen LogP contribution in [-0.4, -0.2) is 87.5 Å². The fourth-order valence-corrected chi connectivity index (χ4v) is 8.00. The van der Waals surface area contributed by atoms with Gasteiger partial charge in [0, 0.05) is 19.7 Å². The fraction of sp³-hybridized carbons (Fsp3) is 0.579. The SMILES string of the molecule is CC(=O)O[C@@H](C)C(=O)NC1=C(I)C(C(=O)NC(CO)CN=O)C(I)C(C(=O)NC(CO)CO)=C1I. The molecule has 0 radical (unpaired) electrons. The van der Waals surface area contributed by atoms with Crippen molar-refractivity contribution in [1.82, 2.24) is 16.0 Å². The van der Waals surface area contributed by atoms with E-state index in [1.54, 1.807) is 0 Å². The second-order valence-corrected chi connectivity index (χ2v) is 10.9. The number of allylic oxidation sites excluding steroid dienone is 1. The molecule has 3 amide bonds. The molecule has 0 fully saturated rings. The first-order chi connectivity index (χ1) is 16.4. The lowest BCUT2D eigenvalue weighted by Crippen LogP contribution is -2.49. The number of ether oxygens (including phenoxy) is 1. The number of amides is 3. The van der Waals surface area contributed by atoms with Crippen LogP contribution in [0.15, 0.2) is 23.6 Å². The molecule has 196 valence electrons. The summed E-state index contributed by atoms with van der Waals surface area (Å²) in [7, 11) is 0. The number of aliphatic hydroxyl groups excluding tert-OH is 3. The molecule has 4 atom stereocenters. The molecule has 13 nitrogen and oxygen atoms in total. The quantitative estimate of drug-likeness (QED) is 0.0651. The maximum absolute atomic E-state index is 13.2. The zero-order valence-corrected chi connectivity index (χ0v) is 25.1. The van der Waals surface area contributed by atoms with Crippen LogP contribution in [0.3, 0.4) is 0 Å². The Labute approximate surface area is 241 Å². The molecular weight excluding hydrogens is 809 g/mol. The van der Waals surface area contributed by atoms with Gasteiger partial charge in [-0.2, -0.15) is 4.91 Å². The van der Waals surface area contributed by atoms with Crippen molar-refractivity contribution in [3.8, 4) is 0 Å². The third kappa shape index (κ3) is 8.83. The first kappa shape index (κ1) is 32.1. The van der Waals surface area contributed by atoms with E-state index >= 15 is 0 Å². The first-order valence-corrected chi connectivity index (χ1v) is 13.5. The molecule has 35 heavy (non-hydrogen) atoms. The van der Waals surface area contributed by atoms with E-state index in [9.17, 15) is 39.4 Å². The van der Waals surface area contributed by atoms with E-state index in [-0.39, 0.29) is 17.8 Å². The van der Waals surface area contributed by atoms with Crippen molar-refractivity contribution in [3.05, 3.63) is 23.3 Å². The highest BCUT2D eigenvalue weighted by Gasteiger charge is 2.42. The van der Waals surface area contributed by atoms with Crippen molar-refractivity contribution in [2.45, 2.75) is 36.0 Å². The van der Waals surface area contributed by atoms with E-state index in [1.165, 1.54) is 6.92 Å². The highest BCUT2D eigenvalue weighted by Crippen LogP contribution is 2.44. The van der Waals surface area contributed by atoms with Gasteiger partial charge in [0.15, 0.2) is 6.10 Å². The second-order valence-electron chi connectivity index (χ2n) is 7.31. The summed E-state index contributed by atoms with van der Waals surface area (Å²) in [6.07, 6.45) is -1.17. The standard InChI is InChI=1S/C19H25I3N4O9/c1-7(35-8(2)30)17(31)26-16-14(21)11(18(32)24-9(4-27)3-23-34)13(20)12(15(16)22)19(33)25-10(5-28)6-29/h7,9-11,13,27-29H,3-6H2,1-2H3,(H,24,32)(H,25,33)(H,26,31)/t7-,9?,11?,13?/m0/s1. The molecule has 0 aromatic carbocycles. The normalized spacial score (nSPS) is 19.7. The Morgan fingerprint density at radius 3 is 2.11 bits per heavy atom. The van der Waals surface area contributed by atoms with Gasteiger partial charge in [-0.1, -0.05) is 27.8 Å². The Morgan fingerprint density at radius 1 is 1.06 bits per heavy atom.